The number of nitriles is 1. The molecule has 0 bridgehead atoms. The van der Waals surface area contributed by atoms with Crippen LogP contribution in [0.3, 0.4) is 0 Å². The molecule has 2 aliphatic heterocycles. The molecule has 7 nitrogen and oxygen atoms in total. The lowest BCUT2D eigenvalue weighted by Crippen LogP contribution is -2.47. The highest BCUT2D eigenvalue weighted by atomic mass is 79.9. The highest BCUT2D eigenvalue weighted by Gasteiger charge is 2.36. The van der Waals surface area contributed by atoms with E-state index in [0.29, 0.717) is 24.6 Å². The van der Waals surface area contributed by atoms with Crippen LogP contribution in [0.5, 0.6) is 5.75 Å². The number of hydrogen-bond donors (Lipinski definition) is 2. The van der Waals surface area contributed by atoms with Crippen molar-refractivity contribution in [3.8, 4) is 11.8 Å². The van der Waals surface area contributed by atoms with Gasteiger partial charge in [-0.2, -0.15) is 5.26 Å². The molecule has 2 N–H and O–H groups in total. The molecule has 2 aliphatic rings. The van der Waals surface area contributed by atoms with Crippen molar-refractivity contribution in [1.29, 1.82) is 5.26 Å². The molecule has 0 aliphatic carbocycles. The van der Waals surface area contributed by atoms with Gasteiger partial charge < -0.3 is 15.0 Å². The van der Waals surface area contributed by atoms with Gasteiger partial charge in [-0.05, 0) is 59.8 Å². The van der Waals surface area contributed by atoms with E-state index in [1.807, 2.05) is 0 Å². The SMILES string of the molecule is CC(=O)Nc1ccc(OC[C@H]2CC[C@@H](C(=O)N3CCC[C@H]3C#N)N2)c(Br)c1. The number of likely N-dealkylation sites (tertiary alicyclic amines) is 1. The fraction of sp³-hybridized carbons (Fsp3) is 0.526. The standard InChI is InChI=1S/C19H23BrN4O3/c1-12(25)22-13-5-7-18(16(20)9-13)27-11-14-4-6-17(23-14)19(26)24-8-2-3-15(24)10-21/h5,7,9,14-15,17,23H,2-4,6,8,11H2,1H3,(H,22,25)/t14-,15+,17+/m1/s1. The number of anilines is 1. The van der Waals surface area contributed by atoms with E-state index in [1.165, 1.54) is 6.92 Å². The summed E-state index contributed by atoms with van der Waals surface area (Å²) in [7, 11) is 0. The summed E-state index contributed by atoms with van der Waals surface area (Å²) < 4.78 is 6.63. The summed E-state index contributed by atoms with van der Waals surface area (Å²) in [6.45, 7) is 2.58. The smallest absolute Gasteiger partial charge is 0.240 e. The zero-order chi connectivity index (χ0) is 19.4. The molecule has 0 aromatic heterocycles. The topological polar surface area (TPSA) is 94.5 Å². The Morgan fingerprint density at radius 2 is 2.22 bits per heavy atom. The minimum absolute atomic E-state index is 0.0300. The average Bonchev–Trinajstić information content (AvgIpc) is 3.29. The largest absolute Gasteiger partial charge is 0.491 e. The van der Waals surface area contributed by atoms with E-state index >= 15 is 0 Å². The maximum absolute atomic E-state index is 12.6. The van der Waals surface area contributed by atoms with Crippen molar-refractivity contribution < 1.29 is 14.3 Å². The maximum Gasteiger partial charge on any atom is 0.240 e. The first kappa shape index (κ1) is 19.6. The predicted molar refractivity (Wildman–Crippen MR) is 104 cm³/mol. The summed E-state index contributed by atoms with van der Waals surface area (Å²) in [6.07, 6.45) is 3.27. The Balaban J connectivity index is 1.51. The molecule has 0 saturated carbocycles. The van der Waals surface area contributed by atoms with E-state index in [1.54, 1.807) is 23.1 Å². The third-order valence-electron chi connectivity index (χ3n) is 4.92. The molecule has 2 saturated heterocycles. The first-order chi connectivity index (χ1) is 13.0. The molecule has 144 valence electrons. The third-order valence-corrected chi connectivity index (χ3v) is 5.54. The van der Waals surface area contributed by atoms with Crippen molar-refractivity contribution in [2.45, 2.75) is 50.7 Å². The highest BCUT2D eigenvalue weighted by molar-refractivity contribution is 9.10. The number of rotatable bonds is 5. The summed E-state index contributed by atoms with van der Waals surface area (Å²) in [5.41, 5.74) is 0.698. The van der Waals surface area contributed by atoms with Crippen LogP contribution in [0, 0.1) is 11.3 Å². The van der Waals surface area contributed by atoms with Gasteiger partial charge in [-0.25, -0.2) is 0 Å². The van der Waals surface area contributed by atoms with E-state index in [9.17, 15) is 14.9 Å². The Morgan fingerprint density at radius 3 is 2.93 bits per heavy atom. The fourth-order valence-electron chi connectivity index (χ4n) is 3.60. The Kier molecular flexibility index (Phi) is 6.34. The van der Waals surface area contributed by atoms with Crippen molar-refractivity contribution in [3.05, 3.63) is 22.7 Å². The number of nitrogens with zero attached hydrogens (tertiary/aromatic N) is 2. The molecule has 0 radical (unpaired) electrons. The van der Waals surface area contributed by atoms with Crippen LogP contribution in [0.15, 0.2) is 22.7 Å². The lowest BCUT2D eigenvalue weighted by molar-refractivity contribution is -0.133. The lowest BCUT2D eigenvalue weighted by atomic mass is 10.1. The molecule has 0 unspecified atom stereocenters. The second-order valence-corrected chi connectivity index (χ2v) is 7.80. The van der Waals surface area contributed by atoms with E-state index in [-0.39, 0.29) is 29.9 Å². The summed E-state index contributed by atoms with van der Waals surface area (Å²) in [5.74, 6) is 0.588. The summed E-state index contributed by atoms with van der Waals surface area (Å²) in [5, 5.41) is 15.2. The normalized spacial score (nSPS) is 24.5. The number of hydrogen-bond acceptors (Lipinski definition) is 5. The minimum atomic E-state index is -0.285. The van der Waals surface area contributed by atoms with Crippen LogP contribution in [0.1, 0.15) is 32.6 Å². The number of carbonyl (C=O) groups excluding carboxylic acids is 2. The van der Waals surface area contributed by atoms with Crippen LogP contribution < -0.4 is 15.4 Å². The molecule has 3 atom stereocenters. The zero-order valence-corrected chi connectivity index (χ0v) is 16.8. The molecule has 1 aromatic rings. The van der Waals surface area contributed by atoms with E-state index in [4.69, 9.17) is 4.74 Å². The second kappa shape index (κ2) is 8.72. The third kappa shape index (κ3) is 4.79. The fourth-order valence-corrected chi connectivity index (χ4v) is 4.09. The van der Waals surface area contributed by atoms with Crippen LogP contribution in [0.4, 0.5) is 5.69 Å². The van der Waals surface area contributed by atoms with Gasteiger partial charge in [0.15, 0.2) is 0 Å². The van der Waals surface area contributed by atoms with Gasteiger partial charge in [0.2, 0.25) is 11.8 Å². The predicted octanol–water partition coefficient (Wildman–Crippen LogP) is 2.42. The quantitative estimate of drug-likeness (QED) is 0.741. The number of amides is 2. The number of halogens is 1. The van der Waals surface area contributed by atoms with Crippen molar-refractivity contribution >= 4 is 33.4 Å². The Morgan fingerprint density at radius 1 is 1.41 bits per heavy atom. The van der Waals surface area contributed by atoms with Crippen LogP contribution in [0.2, 0.25) is 0 Å². The molecule has 2 fully saturated rings. The van der Waals surface area contributed by atoms with E-state index < -0.39 is 0 Å². The molecule has 3 rings (SSSR count). The Hall–Kier alpha value is -2.11. The molecule has 2 amide bonds. The number of carbonyl (C=O) groups is 2. The van der Waals surface area contributed by atoms with E-state index in [0.717, 1.165) is 30.2 Å². The van der Waals surface area contributed by atoms with Gasteiger partial charge >= 0.3 is 0 Å². The van der Waals surface area contributed by atoms with Crippen molar-refractivity contribution in [2.75, 3.05) is 18.5 Å². The van der Waals surface area contributed by atoms with Crippen molar-refractivity contribution in [1.82, 2.24) is 10.2 Å². The van der Waals surface area contributed by atoms with Crippen LogP contribution in [-0.2, 0) is 9.59 Å². The zero-order valence-electron chi connectivity index (χ0n) is 15.2. The average molecular weight is 435 g/mol. The molecule has 1 aromatic carbocycles. The number of nitrogens with one attached hydrogen (secondary N) is 2. The first-order valence-corrected chi connectivity index (χ1v) is 9.93. The molecular formula is C19H23BrN4O3. The van der Waals surface area contributed by atoms with Gasteiger partial charge in [0.05, 0.1) is 16.6 Å². The second-order valence-electron chi connectivity index (χ2n) is 6.95. The van der Waals surface area contributed by atoms with Crippen molar-refractivity contribution in [3.63, 3.8) is 0 Å². The van der Waals surface area contributed by atoms with Gasteiger partial charge in [-0.1, -0.05) is 0 Å². The molecule has 2 heterocycles. The van der Waals surface area contributed by atoms with Gasteiger partial charge in [-0.3, -0.25) is 14.9 Å². The van der Waals surface area contributed by atoms with Gasteiger partial charge in [0, 0.05) is 25.2 Å². The van der Waals surface area contributed by atoms with Crippen LogP contribution in [-0.4, -0.2) is 48.0 Å². The first-order valence-electron chi connectivity index (χ1n) is 9.14. The molecule has 8 heteroatoms. The molecule has 27 heavy (non-hydrogen) atoms. The maximum atomic E-state index is 12.6. The van der Waals surface area contributed by atoms with Crippen LogP contribution >= 0.6 is 15.9 Å². The van der Waals surface area contributed by atoms with Crippen molar-refractivity contribution in [2.24, 2.45) is 0 Å². The highest BCUT2D eigenvalue weighted by Crippen LogP contribution is 2.29. The van der Waals surface area contributed by atoms with Crippen LogP contribution in [0.25, 0.3) is 0 Å². The lowest BCUT2D eigenvalue weighted by Gasteiger charge is -2.24. The summed E-state index contributed by atoms with van der Waals surface area (Å²) >= 11 is 3.45. The molecule has 0 spiro atoms. The van der Waals surface area contributed by atoms with Gasteiger partial charge in [0.1, 0.15) is 18.4 Å². The number of ether oxygens (including phenoxy) is 1. The number of benzene rings is 1. The summed E-state index contributed by atoms with van der Waals surface area (Å²) in [6, 6.07) is 7.16. The van der Waals surface area contributed by atoms with Gasteiger partial charge in [-0.15, -0.1) is 0 Å². The minimum Gasteiger partial charge on any atom is -0.491 e. The Bertz CT molecular complexity index is 764. The van der Waals surface area contributed by atoms with Gasteiger partial charge in [0.25, 0.3) is 0 Å². The Labute approximate surface area is 167 Å². The summed E-state index contributed by atoms with van der Waals surface area (Å²) in [4.78, 5) is 25.5. The monoisotopic (exact) mass is 434 g/mol. The van der Waals surface area contributed by atoms with E-state index in [2.05, 4.69) is 32.6 Å². The molecular weight excluding hydrogens is 412 g/mol.